The van der Waals surface area contributed by atoms with Crippen molar-refractivity contribution >= 4 is 17.1 Å². The second kappa shape index (κ2) is 5.19. The van der Waals surface area contributed by atoms with Gasteiger partial charge >= 0.3 is 11.7 Å². The number of carbonyl (C=O) groups excluding carboxylic acids is 1. The zero-order valence-corrected chi connectivity index (χ0v) is 12.5. The molecular formula is C16H20N4O2. The lowest BCUT2D eigenvalue weighted by Crippen LogP contribution is -2.52. The van der Waals surface area contributed by atoms with Gasteiger partial charge in [-0.3, -0.25) is 4.57 Å². The number of carbonyl (C=O) groups is 1. The van der Waals surface area contributed by atoms with Gasteiger partial charge in [0.25, 0.3) is 0 Å². The molecule has 2 fully saturated rings. The van der Waals surface area contributed by atoms with Crippen LogP contribution in [0.5, 0.6) is 0 Å². The number of hydrogen-bond donors (Lipinski definition) is 1. The van der Waals surface area contributed by atoms with Gasteiger partial charge in [-0.15, -0.1) is 0 Å². The van der Waals surface area contributed by atoms with Gasteiger partial charge < -0.3 is 14.8 Å². The Labute approximate surface area is 128 Å². The van der Waals surface area contributed by atoms with E-state index in [4.69, 9.17) is 0 Å². The van der Waals surface area contributed by atoms with E-state index in [1.165, 1.54) is 0 Å². The predicted octanol–water partition coefficient (Wildman–Crippen LogP) is 1.79. The number of piperidine rings is 1. The fraction of sp³-hybridized carbons (Fsp3) is 0.500. The molecule has 6 nitrogen and oxygen atoms in total. The third-order valence-corrected chi connectivity index (χ3v) is 4.85. The number of nitrogens with zero attached hydrogens (tertiary/aromatic N) is 3. The van der Waals surface area contributed by atoms with Gasteiger partial charge in [-0.2, -0.15) is 0 Å². The highest BCUT2D eigenvalue weighted by molar-refractivity contribution is 5.76. The zero-order chi connectivity index (χ0) is 15.1. The minimum Gasteiger partial charge on any atom is -0.325 e. The van der Waals surface area contributed by atoms with E-state index < -0.39 is 0 Å². The van der Waals surface area contributed by atoms with E-state index in [1.54, 1.807) is 0 Å². The second-order valence-electron chi connectivity index (χ2n) is 6.16. The van der Waals surface area contributed by atoms with Gasteiger partial charge in [-0.25, -0.2) is 9.59 Å². The van der Waals surface area contributed by atoms with Crippen molar-refractivity contribution in [3.63, 3.8) is 0 Å². The number of aromatic nitrogens is 2. The molecular weight excluding hydrogens is 280 g/mol. The molecule has 1 aromatic heterocycles. The third kappa shape index (κ3) is 2.10. The summed E-state index contributed by atoms with van der Waals surface area (Å²) in [6.45, 7) is 3.24. The van der Waals surface area contributed by atoms with Crippen LogP contribution in [-0.4, -0.2) is 51.6 Å². The maximum Gasteiger partial charge on any atom is 0.326 e. The number of urea groups is 1. The van der Waals surface area contributed by atoms with Crippen molar-refractivity contribution in [1.29, 1.82) is 0 Å². The smallest absolute Gasteiger partial charge is 0.325 e. The maximum atomic E-state index is 12.2. The molecule has 0 saturated carbocycles. The molecule has 2 aromatic rings. The Morgan fingerprint density at radius 3 is 2.41 bits per heavy atom. The van der Waals surface area contributed by atoms with Crippen LogP contribution in [-0.2, 0) is 0 Å². The summed E-state index contributed by atoms with van der Waals surface area (Å²) >= 11 is 0. The normalized spacial score (nSPS) is 19.5. The summed E-state index contributed by atoms with van der Waals surface area (Å²) in [5.41, 5.74) is 1.79. The predicted molar refractivity (Wildman–Crippen MR) is 84.0 cm³/mol. The highest BCUT2D eigenvalue weighted by Crippen LogP contribution is 2.25. The van der Waals surface area contributed by atoms with Crippen molar-refractivity contribution in [3.8, 4) is 0 Å². The average molecular weight is 300 g/mol. The monoisotopic (exact) mass is 300 g/mol. The van der Waals surface area contributed by atoms with E-state index in [-0.39, 0.29) is 17.8 Å². The number of imidazole rings is 1. The summed E-state index contributed by atoms with van der Waals surface area (Å²) in [5.74, 6) is 0. The first-order valence-corrected chi connectivity index (χ1v) is 7.97. The molecule has 22 heavy (non-hydrogen) atoms. The van der Waals surface area contributed by atoms with Gasteiger partial charge in [0.15, 0.2) is 0 Å². The topological polar surface area (TPSA) is 61.3 Å². The molecule has 0 bridgehead atoms. The molecule has 2 aliphatic rings. The third-order valence-electron chi connectivity index (χ3n) is 4.85. The Morgan fingerprint density at radius 2 is 1.73 bits per heavy atom. The molecule has 0 radical (unpaired) electrons. The molecule has 6 heteroatoms. The Balaban J connectivity index is 1.52. The summed E-state index contributed by atoms with van der Waals surface area (Å²) in [7, 11) is 0. The number of H-pyrrole nitrogens is 1. The van der Waals surface area contributed by atoms with Crippen LogP contribution in [0.1, 0.15) is 25.3 Å². The molecule has 2 amide bonds. The van der Waals surface area contributed by atoms with E-state index in [0.29, 0.717) is 0 Å². The lowest BCUT2D eigenvalue weighted by Gasteiger charge is -2.39. The standard InChI is InChI=1S/C16H20N4O2/c21-15-17-13-4-1-2-5-14(13)20(15)12-6-10-19(11-7-12)16(22)18-8-3-9-18/h1-2,4-5,12H,3,6-11H2,(H,17,21). The Hall–Kier alpha value is -2.24. The molecule has 1 aromatic carbocycles. The van der Waals surface area contributed by atoms with E-state index in [2.05, 4.69) is 4.98 Å². The molecule has 0 unspecified atom stereocenters. The number of benzene rings is 1. The summed E-state index contributed by atoms with van der Waals surface area (Å²) in [4.78, 5) is 31.2. The van der Waals surface area contributed by atoms with Crippen molar-refractivity contribution in [3.05, 3.63) is 34.7 Å². The fourth-order valence-corrected chi connectivity index (χ4v) is 3.46. The molecule has 2 aliphatic heterocycles. The van der Waals surface area contributed by atoms with Crippen molar-refractivity contribution in [2.45, 2.75) is 25.3 Å². The Bertz CT molecular complexity index is 751. The summed E-state index contributed by atoms with van der Waals surface area (Å²) in [6.07, 6.45) is 2.79. The van der Waals surface area contributed by atoms with Crippen molar-refractivity contribution in [2.24, 2.45) is 0 Å². The van der Waals surface area contributed by atoms with Crippen LogP contribution in [0.3, 0.4) is 0 Å². The summed E-state index contributed by atoms with van der Waals surface area (Å²) in [5, 5.41) is 0. The number of rotatable bonds is 1. The van der Waals surface area contributed by atoms with Gasteiger partial charge in [0.1, 0.15) is 0 Å². The Morgan fingerprint density at radius 1 is 1.05 bits per heavy atom. The van der Waals surface area contributed by atoms with Crippen LogP contribution in [0.15, 0.2) is 29.1 Å². The van der Waals surface area contributed by atoms with E-state index in [1.807, 2.05) is 38.6 Å². The maximum absolute atomic E-state index is 12.2. The van der Waals surface area contributed by atoms with Crippen molar-refractivity contribution < 1.29 is 4.79 Å². The molecule has 4 rings (SSSR count). The number of hydrogen-bond acceptors (Lipinski definition) is 2. The highest BCUT2D eigenvalue weighted by Gasteiger charge is 2.30. The number of amides is 2. The first-order valence-electron chi connectivity index (χ1n) is 7.97. The quantitative estimate of drug-likeness (QED) is 0.873. The summed E-state index contributed by atoms with van der Waals surface area (Å²) in [6, 6.07) is 8.12. The first kappa shape index (κ1) is 13.4. The molecule has 116 valence electrons. The Kier molecular flexibility index (Phi) is 3.17. The van der Waals surface area contributed by atoms with Crippen molar-refractivity contribution in [1.82, 2.24) is 19.4 Å². The molecule has 1 N–H and O–H groups in total. The van der Waals surface area contributed by atoms with E-state index in [9.17, 15) is 9.59 Å². The molecule has 0 aliphatic carbocycles. The number of para-hydroxylation sites is 2. The fourth-order valence-electron chi connectivity index (χ4n) is 3.46. The average Bonchev–Trinajstić information content (AvgIpc) is 2.81. The minimum absolute atomic E-state index is 0.0475. The molecule has 2 saturated heterocycles. The zero-order valence-electron chi connectivity index (χ0n) is 12.5. The van der Waals surface area contributed by atoms with Crippen LogP contribution in [0.2, 0.25) is 0 Å². The van der Waals surface area contributed by atoms with E-state index in [0.717, 1.165) is 56.5 Å². The minimum atomic E-state index is -0.0475. The largest absolute Gasteiger partial charge is 0.326 e. The lowest BCUT2D eigenvalue weighted by atomic mass is 10.0. The second-order valence-corrected chi connectivity index (χ2v) is 6.16. The number of likely N-dealkylation sites (tertiary alicyclic amines) is 2. The SMILES string of the molecule is O=C(N1CCC1)N1CCC(n2c(=O)[nH]c3ccccc32)CC1. The van der Waals surface area contributed by atoms with Gasteiger partial charge in [-0.05, 0) is 31.4 Å². The van der Waals surface area contributed by atoms with Gasteiger partial charge in [0, 0.05) is 32.2 Å². The number of nitrogens with one attached hydrogen (secondary N) is 1. The van der Waals surface area contributed by atoms with E-state index >= 15 is 0 Å². The van der Waals surface area contributed by atoms with Crippen LogP contribution >= 0.6 is 0 Å². The van der Waals surface area contributed by atoms with Crippen LogP contribution in [0.4, 0.5) is 4.79 Å². The van der Waals surface area contributed by atoms with Crippen molar-refractivity contribution in [2.75, 3.05) is 26.2 Å². The van der Waals surface area contributed by atoms with Crippen LogP contribution < -0.4 is 5.69 Å². The molecule has 0 atom stereocenters. The lowest BCUT2D eigenvalue weighted by molar-refractivity contribution is 0.111. The number of fused-ring (bicyclic) bond motifs is 1. The van der Waals surface area contributed by atoms with Crippen LogP contribution in [0, 0.1) is 0 Å². The molecule has 3 heterocycles. The first-order chi connectivity index (χ1) is 10.7. The van der Waals surface area contributed by atoms with Crippen LogP contribution in [0.25, 0.3) is 11.0 Å². The van der Waals surface area contributed by atoms with Gasteiger partial charge in [-0.1, -0.05) is 12.1 Å². The van der Waals surface area contributed by atoms with Gasteiger partial charge in [0.2, 0.25) is 0 Å². The highest BCUT2D eigenvalue weighted by atomic mass is 16.2. The molecule has 0 spiro atoms. The summed E-state index contributed by atoms with van der Waals surface area (Å²) < 4.78 is 1.86. The van der Waals surface area contributed by atoms with Gasteiger partial charge in [0.05, 0.1) is 11.0 Å². The number of aromatic amines is 1.